The summed E-state index contributed by atoms with van der Waals surface area (Å²) in [5.74, 6) is -0.137. The maximum absolute atomic E-state index is 11.3. The number of rotatable bonds is 51. The molecule has 0 radical (unpaired) electrons. The van der Waals surface area contributed by atoms with Crippen molar-refractivity contribution >= 4 is 5.97 Å². The predicted octanol–water partition coefficient (Wildman–Crippen LogP) is 29.5. The van der Waals surface area contributed by atoms with Crippen molar-refractivity contribution in [3.05, 3.63) is 198 Å². The van der Waals surface area contributed by atoms with Gasteiger partial charge in [0.25, 0.3) is 0 Å². The van der Waals surface area contributed by atoms with Crippen LogP contribution in [0.1, 0.15) is 343 Å². The first-order valence-electron chi connectivity index (χ1n) is 36.2. The van der Waals surface area contributed by atoms with Gasteiger partial charge in [-0.15, -0.1) is 0 Å². The molecule has 0 fully saturated rings. The molecule has 2 heteroatoms. The summed E-state index contributed by atoms with van der Waals surface area (Å²) in [4.78, 5) is 11.3. The van der Waals surface area contributed by atoms with Gasteiger partial charge in [0.05, 0.1) is 7.11 Å². The van der Waals surface area contributed by atoms with Gasteiger partial charge >= 0.3 is 5.97 Å². The first-order valence-corrected chi connectivity index (χ1v) is 36.2. The molecule has 0 aromatic carbocycles. The second kappa shape index (κ2) is 56.8. The summed E-state index contributed by atoms with van der Waals surface area (Å²) in [6.07, 6.45) is 79.5. The van der Waals surface area contributed by atoms with Crippen LogP contribution in [0.2, 0.25) is 0 Å². The molecule has 0 unspecified atom stereocenters. The molecule has 506 valence electrons. The Morgan fingerprint density at radius 1 is 0.178 bits per heavy atom. The van der Waals surface area contributed by atoms with Crippen LogP contribution in [0.4, 0.5) is 0 Å². The molecule has 0 aromatic heterocycles. The molecule has 0 aliphatic carbocycles. The SMILES string of the molecule is COC(=O)CC/C=C(/C)CC/C=C(/C)CC/C=C(/C)CC/C=C(/C)CC/C=C(/C)CC/C=C(/C)CC/C=C(/C)CC/C=C(/C)CC/C=C(/C)CC/C=C(/C)CC/C=C(/C)CC/C=C(/C)CC/C=C(/C)CC/C=C(/C)CC/C=C(\C)CC/C=C(\C)CCC=C(C)C. The normalized spacial score (nSPS) is 15.0. The molecular formula is C88H142O2. The number of esters is 1. The Kier molecular flexibility index (Phi) is 53.7. The highest BCUT2D eigenvalue weighted by Gasteiger charge is 2.02. The monoisotopic (exact) mass is 1230 g/mol. The summed E-state index contributed by atoms with van der Waals surface area (Å²) in [7, 11) is 1.45. The molecular weight excluding hydrogens is 1090 g/mol. The average Bonchev–Trinajstić information content (AvgIpc) is 3.58. The van der Waals surface area contributed by atoms with Gasteiger partial charge in [-0.05, 0) is 337 Å². The van der Waals surface area contributed by atoms with Crippen LogP contribution < -0.4 is 0 Å². The van der Waals surface area contributed by atoms with E-state index < -0.39 is 0 Å². The van der Waals surface area contributed by atoms with Gasteiger partial charge in [0.15, 0.2) is 0 Å². The first kappa shape index (κ1) is 85.0. The highest BCUT2D eigenvalue weighted by Crippen LogP contribution is 2.22. The van der Waals surface area contributed by atoms with E-state index in [2.05, 4.69) is 228 Å². The molecule has 0 atom stereocenters. The largest absolute Gasteiger partial charge is 0.469 e. The lowest BCUT2D eigenvalue weighted by Crippen LogP contribution is -1.98. The number of hydrogen-bond donors (Lipinski definition) is 0. The van der Waals surface area contributed by atoms with E-state index in [-0.39, 0.29) is 5.97 Å². The third-order valence-corrected chi connectivity index (χ3v) is 17.6. The number of carbonyl (C=O) groups excluding carboxylic acids is 1. The molecule has 90 heavy (non-hydrogen) atoms. The van der Waals surface area contributed by atoms with Crippen molar-refractivity contribution in [1.29, 1.82) is 0 Å². The van der Waals surface area contributed by atoms with Crippen LogP contribution in [0.15, 0.2) is 198 Å². The molecule has 0 aromatic rings. The molecule has 0 bridgehead atoms. The lowest BCUT2D eigenvalue weighted by Gasteiger charge is -2.05. The molecule has 0 aliphatic heterocycles. The summed E-state index contributed by atoms with van der Waals surface area (Å²) >= 11 is 0. The Morgan fingerprint density at radius 2 is 0.278 bits per heavy atom. The highest BCUT2D eigenvalue weighted by atomic mass is 16.5. The van der Waals surface area contributed by atoms with Crippen LogP contribution in [0.5, 0.6) is 0 Å². The van der Waals surface area contributed by atoms with Crippen LogP contribution in [0, 0.1) is 0 Å². The Hall–Kier alpha value is -4.95. The molecule has 0 saturated carbocycles. The van der Waals surface area contributed by atoms with E-state index in [9.17, 15) is 4.79 Å². The topological polar surface area (TPSA) is 26.3 Å². The quantitative estimate of drug-likeness (QED) is 0.0448. The Morgan fingerprint density at radius 3 is 0.378 bits per heavy atom. The second-order valence-electron chi connectivity index (χ2n) is 27.8. The summed E-state index contributed by atoms with van der Waals surface area (Å²) in [6.45, 7) is 41.1. The van der Waals surface area contributed by atoms with E-state index in [4.69, 9.17) is 4.74 Å². The van der Waals surface area contributed by atoms with Crippen molar-refractivity contribution in [1.82, 2.24) is 0 Å². The number of allylic oxidation sites excluding steroid dienone is 34. The average molecular weight is 1230 g/mol. The zero-order chi connectivity index (χ0) is 67.2. The Labute approximate surface area is 560 Å². The van der Waals surface area contributed by atoms with Gasteiger partial charge < -0.3 is 4.74 Å². The van der Waals surface area contributed by atoms with Crippen molar-refractivity contribution in [2.45, 2.75) is 343 Å². The lowest BCUT2D eigenvalue weighted by molar-refractivity contribution is -0.140. The van der Waals surface area contributed by atoms with Crippen molar-refractivity contribution in [3.8, 4) is 0 Å². The van der Waals surface area contributed by atoms with E-state index in [1.165, 1.54) is 172 Å². The molecule has 0 saturated heterocycles. The molecule has 0 aliphatic rings. The minimum Gasteiger partial charge on any atom is -0.469 e. The Balaban J connectivity index is 4.34. The van der Waals surface area contributed by atoms with E-state index in [0.29, 0.717) is 6.42 Å². The lowest BCUT2D eigenvalue weighted by atomic mass is 10.0. The van der Waals surface area contributed by atoms with Crippen molar-refractivity contribution < 1.29 is 9.53 Å². The van der Waals surface area contributed by atoms with Gasteiger partial charge in [-0.25, -0.2) is 0 Å². The highest BCUT2D eigenvalue weighted by molar-refractivity contribution is 5.69. The number of hydrogen-bond acceptors (Lipinski definition) is 2. The van der Waals surface area contributed by atoms with Crippen molar-refractivity contribution in [2.24, 2.45) is 0 Å². The standard InChI is InChI=1S/C88H142O2/c1-71(2)37-20-38-72(3)39-21-40-73(4)41-22-42-74(5)43-23-44-75(6)45-24-46-76(7)47-25-48-77(8)49-26-50-78(9)51-27-52-79(10)53-28-54-80(11)55-29-56-81(12)57-30-58-82(13)59-31-60-83(14)61-32-62-84(15)63-33-64-85(16)65-34-66-86(17)67-35-68-87(18)69-36-70-88(89)90-19/h37,39,41,43,45,47,49,51,53,55,57,59,61,63,65,67,69H,20-36,38,40,42,44,46,48,50,52,54,56,58,60,62,64,66,68,70H2,1-19H3/b72-39+,73-41+,74-43-,75-45-,76-47-,77-49-,78-51-,79-53-,80-55-,81-57-,82-59-,83-61-,84-63-,85-65-,86-67-,87-69-. The van der Waals surface area contributed by atoms with E-state index in [0.717, 1.165) is 141 Å². The van der Waals surface area contributed by atoms with Crippen LogP contribution >= 0.6 is 0 Å². The fourth-order valence-electron chi connectivity index (χ4n) is 11.0. The summed E-state index contributed by atoms with van der Waals surface area (Å²) in [5, 5.41) is 0. The molecule has 0 spiro atoms. The summed E-state index contributed by atoms with van der Waals surface area (Å²) in [6, 6.07) is 0. The van der Waals surface area contributed by atoms with Crippen LogP contribution in [-0.4, -0.2) is 13.1 Å². The molecule has 0 heterocycles. The van der Waals surface area contributed by atoms with E-state index in [1.54, 1.807) is 0 Å². The molecule has 0 amide bonds. The smallest absolute Gasteiger partial charge is 0.305 e. The molecule has 0 N–H and O–H groups in total. The van der Waals surface area contributed by atoms with Gasteiger partial charge in [-0.1, -0.05) is 198 Å². The van der Waals surface area contributed by atoms with Crippen LogP contribution in [-0.2, 0) is 9.53 Å². The third kappa shape index (κ3) is 57.0. The summed E-state index contributed by atoms with van der Waals surface area (Å²) < 4.78 is 4.73. The number of methoxy groups -OCH3 is 1. The second-order valence-corrected chi connectivity index (χ2v) is 27.8. The molecule has 2 nitrogen and oxygen atoms in total. The van der Waals surface area contributed by atoms with Gasteiger partial charge in [-0.2, -0.15) is 0 Å². The Bertz CT molecular complexity index is 2550. The fraction of sp³-hybridized carbons (Fsp3) is 0.602. The first-order chi connectivity index (χ1) is 43.0. The van der Waals surface area contributed by atoms with Crippen molar-refractivity contribution in [2.75, 3.05) is 7.11 Å². The predicted molar refractivity (Wildman–Crippen MR) is 409 cm³/mol. The molecule has 0 rings (SSSR count). The van der Waals surface area contributed by atoms with E-state index >= 15 is 0 Å². The van der Waals surface area contributed by atoms with Crippen LogP contribution in [0.3, 0.4) is 0 Å². The number of ether oxygens (including phenoxy) is 1. The van der Waals surface area contributed by atoms with Crippen molar-refractivity contribution in [3.63, 3.8) is 0 Å². The van der Waals surface area contributed by atoms with Crippen LogP contribution in [0.25, 0.3) is 0 Å². The zero-order valence-corrected chi connectivity index (χ0v) is 62.7. The number of carbonyl (C=O) groups is 1. The fourth-order valence-corrected chi connectivity index (χ4v) is 11.0. The third-order valence-electron chi connectivity index (χ3n) is 17.6. The zero-order valence-electron chi connectivity index (χ0n) is 62.7. The van der Waals surface area contributed by atoms with Gasteiger partial charge in [0, 0.05) is 6.42 Å². The van der Waals surface area contributed by atoms with Gasteiger partial charge in [0.2, 0.25) is 0 Å². The van der Waals surface area contributed by atoms with Gasteiger partial charge in [-0.3, -0.25) is 4.79 Å². The maximum Gasteiger partial charge on any atom is 0.305 e. The van der Waals surface area contributed by atoms with E-state index in [1.807, 2.05) is 0 Å². The van der Waals surface area contributed by atoms with Gasteiger partial charge in [0.1, 0.15) is 0 Å². The minimum absolute atomic E-state index is 0.137. The summed E-state index contributed by atoms with van der Waals surface area (Å²) in [5.41, 5.74) is 25.6. The minimum atomic E-state index is -0.137. The maximum atomic E-state index is 11.3.